The van der Waals surface area contributed by atoms with E-state index in [1.165, 1.54) is 11.1 Å². The summed E-state index contributed by atoms with van der Waals surface area (Å²) in [5.74, 6) is 1.47. The number of carbonyl (C=O) groups is 1. The van der Waals surface area contributed by atoms with E-state index in [4.69, 9.17) is 4.74 Å². The molecule has 2 aromatic rings. The third kappa shape index (κ3) is 4.56. The summed E-state index contributed by atoms with van der Waals surface area (Å²) in [6.07, 6.45) is 1.85. The maximum atomic E-state index is 12.7. The van der Waals surface area contributed by atoms with Gasteiger partial charge in [-0.2, -0.15) is 5.10 Å². The fourth-order valence-electron chi connectivity index (χ4n) is 3.74. The molecule has 6 heteroatoms. The van der Waals surface area contributed by atoms with Crippen LogP contribution < -0.4 is 5.32 Å². The molecule has 0 spiro atoms. The highest BCUT2D eigenvalue weighted by Crippen LogP contribution is 2.34. The molecule has 1 atom stereocenters. The molecule has 0 saturated carbocycles. The second-order valence-corrected chi connectivity index (χ2v) is 7.77. The number of aromatic nitrogens is 3. The number of nitrogens with one attached hydrogen (secondary N) is 1. The lowest BCUT2D eigenvalue weighted by molar-refractivity contribution is -0.125. The van der Waals surface area contributed by atoms with Crippen molar-refractivity contribution in [3.63, 3.8) is 0 Å². The van der Waals surface area contributed by atoms with Crippen molar-refractivity contribution in [2.75, 3.05) is 19.8 Å². The second-order valence-electron chi connectivity index (χ2n) is 7.77. The topological polar surface area (TPSA) is 69.0 Å². The van der Waals surface area contributed by atoms with Crippen molar-refractivity contribution in [1.82, 2.24) is 20.1 Å². The van der Waals surface area contributed by atoms with Gasteiger partial charge in [0.05, 0.1) is 12.5 Å². The molecule has 0 bridgehead atoms. The molecule has 1 aromatic carbocycles. The van der Waals surface area contributed by atoms with Gasteiger partial charge < -0.3 is 10.1 Å². The standard InChI is InChI=1S/C21H30N4O2/c1-15-5-7-19(8-6-15)21(9-11-27-12-10-21)14-22-20(26)16(2)13-25-18(4)23-17(3)24-25/h5-8,16H,9-14H2,1-4H3,(H,22,26)/t16-/m1/s1. The molecule has 1 aliphatic rings. The monoisotopic (exact) mass is 370 g/mol. The molecule has 2 heterocycles. The number of ether oxygens (including phenoxy) is 1. The molecule has 1 N–H and O–H groups in total. The Morgan fingerprint density at radius 1 is 1.22 bits per heavy atom. The van der Waals surface area contributed by atoms with Crippen LogP contribution in [0.25, 0.3) is 0 Å². The van der Waals surface area contributed by atoms with Gasteiger partial charge in [0.25, 0.3) is 0 Å². The highest BCUT2D eigenvalue weighted by Gasteiger charge is 2.35. The van der Waals surface area contributed by atoms with Crippen molar-refractivity contribution in [1.29, 1.82) is 0 Å². The van der Waals surface area contributed by atoms with Gasteiger partial charge in [-0.25, -0.2) is 9.67 Å². The normalized spacial score (nSPS) is 17.5. The van der Waals surface area contributed by atoms with Crippen molar-refractivity contribution >= 4 is 5.91 Å². The van der Waals surface area contributed by atoms with E-state index in [2.05, 4.69) is 46.6 Å². The van der Waals surface area contributed by atoms with Gasteiger partial charge in [0, 0.05) is 25.2 Å². The van der Waals surface area contributed by atoms with Gasteiger partial charge in [-0.3, -0.25) is 4.79 Å². The summed E-state index contributed by atoms with van der Waals surface area (Å²) in [6, 6.07) is 8.68. The minimum Gasteiger partial charge on any atom is -0.381 e. The average Bonchev–Trinajstić information content (AvgIpc) is 2.98. The molecule has 146 valence electrons. The maximum absolute atomic E-state index is 12.7. The third-order valence-corrected chi connectivity index (χ3v) is 5.57. The fraction of sp³-hybridized carbons (Fsp3) is 0.571. The molecule has 1 aromatic heterocycles. The van der Waals surface area contributed by atoms with Crippen molar-refractivity contribution < 1.29 is 9.53 Å². The van der Waals surface area contributed by atoms with Gasteiger partial charge in [-0.15, -0.1) is 0 Å². The summed E-state index contributed by atoms with van der Waals surface area (Å²) in [4.78, 5) is 17.0. The second kappa shape index (κ2) is 8.21. The number of carbonyl (C=O) groups excluding carboxylic acids is 1. The van der Waals surface area contributed by atoms with E-state index in [9.17, 15) is 4.79 Å². The van der Waals surface area contributed by atoms with Crippen LogP contribution in [0.4, 0.5) is 0 Å². The summed E-state index contributed by atoms with van der Waals surface area (Å²) < 4.78 is 7.40. The van der Waals surface area contributed by atoms with E-state index >= 15 is 0 Å². The van der Waals surface area contributed by atoms with Crippen molar-refractivity contribution in [3.05, 3.63) is 47.0 Å². The Morgan fingerprint density at radius 3 is 2.48 bits per heavy atom. The van der Waals surface area contributed by atoms with Crippen LogP contribution in [0, 0.1) is 26.7 Å². The smallest absolute Gasteiger partial charge is 0.224 e. The first-order chi connectivity index (χ1) is 12.9. The van der Waals surface area contributed by atoms with Gasteiger partial charge in [0.1, 0.15) is 11.6 Å². The molecule has 1 aliphatic heterocycles. The third-order valence-electron chi connectivity index (χ3n) is 5.57. The Bertz CT molecular complexity index is 776. The average molecular weight is 370 g/mol. The zero-order valence-electron chi connectivity index (χ0n) is 16.8. The molecule has 27 heavy (non-hydrogen) atoms. The molecule has 0 radical (unpaired) electrons. The van der Waals surface area contributed by atoms with Crippen LogP contribution in [0.5, 0.6) is 0 Å². The van der Waals surface area contributed by atoms with E-state index in [0.717, 1.165) is 37.7 Å². The lowest BCUT2D eigenvalue weighted by atomic mass is 9.74. The number of amides is 1. The van der Waals surface area contributed by atoms with E-state index in [1.807, 2.05) is 25.5 Å². The molecular weight excluding hydrogens is 340 g/mol. The Labute approximate surface area is 161 Å². The molecule has 1 saturated heterocycles. The van der Waals surface area contributed by atoms with Crippen LogP contribution in [0.3, 0.4) is 0 Å². The lowest BCUT2D eigenvalue weighted by Gasteiger charge is -2.38. The first-order valence-electron chi connectivity index (χ1n) is 9.70. The van der Waals surface area contributed by atoms with Crippen LogP contribution in [-0.4, -0.2) is 40.4 Å². The predicted molar refractivity (Wildman–Crippen MR) is 105 cm³/mol. The quantitative estimate of drug-likeness (QED) is 0.849. The van der Waals surface area contributed by atoms with Gasteiger partial charge in [0.15, 0.2) is 0 Å². The van der Waals surface area contributed by atoms with Gasteiger partial charge in [-0.1, -0.05) is 36.8 Å². The van der Waals surface area contributed by atoms with Crippen molar-refractivity contribution in [3.8, 4) is 0 Å². The van der Waals surface area contributed by atoms with Crippen LogP contribution in [0.15, 0.2) is 24.3 Å². The van der Waals surface area contributed by atoms with Crippen LogP contribution in [0.2, 0.25) is 0 Å². The molecular formula is C21H30N4O2. The molecule has 1 fully saturated rings. The minimum absolute atomic E-state index is 0.0545. The van der Waals surface area contributed by atoms with E-state index in [1.54, 1.807) is 0 Å². The first kappa shape index (κ1) is 19.5. The Kier molecular flexibility index (Phi) is 5.95. The van der Waals surface area contributed by atoms with Crippen LogP contribution in [0.1, 0.15) is 42.5 Å². The molecule has 1 amide bonds. The summed E-state index contributed by atoms with van der Waals surface area (Å²) in [6.45, 7) is 10.5. The predicted octanol–water partition coefficient (Wildman–Crippen LogP) is 2.70. The van der Waals surface area contributed by atoms with Gasteiger partial charge in [0.2, 0.25) is 5.91 Å². The number of aryl methyl sites for hydroxylation is 3. The molecule has 0 unspecified atom stereocenters. The number of hydrogen-bond donors (Lipinski definition) is 1. The number of rotatable bonds is 6. The highest BCUT2D eigenvalue weighted by atomic mass is 16.5. The minimum atomic E-state index is -0.167. The van der Waals surface area contributed by atoms with E-state index in [-0.39, 0.29) is 17.2 Å². The molecule has 0 aliphatic carbocycles. The van der Waals surface area contributed by atoms with Crippen LogP contribution >= 0.6 is 0 Å². The van der Waals surface area contributed by atoms with E-state index in [0.29, 0.717) is 13.1 Å². The SMILES string of the molecule is Cc1ccc(C2(CNC(=O)[C@H](C)Cn3nc(C)nc3C)CCOCC2)cc1. The summed E-state index contributed by atoms with van der Waals surface area (Å²) >= 11 is 0. The zero-order chi connectivity index (χ0) is 19.4. The molecule has 6 nitrogen and oxygen atoms in total. The molecule has 3 rings (SSSR count). The fourth-order valence-corrected chi connectivity index (χ4v) is 3.74. The highest BCUT2D eigenvalue weighted by molar-refractivity contribution is 5.78. The Balaban J connectivity index is 1.66. The number of benzene rings is 1. The largest absolute Gasteiger partial charge is 0.381 e. The lowest BCUT2D eigenvalue weighted by Crippen LogP contribution is -2.46. The van der Waals surface area contributed by atoms with Crippen molar-refractivity contribution in [2.45, 2.75) is 52.5 Å². The van der Waals surface area contributed by atoms with E-state index < -0.39 is 0 Å². The first-order valence-corrected chi connectivity index (χ1v) is 9.70. The Hall–Kier alpha value is -2.21. The van der Waals surface area contributed by atoms with Gasteiger partial charge in [-0.05, 0) is 39.2 Å². The maximum Gasteiger partial charge on any atom is 0.224 e. The zero-order valence-corrected chi connectivity index (χ0v) is 16.8. The Morgan fingerprint density at radius 2 is 1.89 bits per heavy atom. The summed E-state index contributed by atoms with van der Waals surface area (Å²) in [5.41, 5.74) is 2.48. The van der Waals surface area contributed by atoms with Crippen LogP contribution in [-0.2, 0) is 21.5 Å². The summed E-state index contributed by atoms with van der Waals surface area (Å²) in [5, 5.41) is 7.56. The summed E-state index contributed by atoms with van der Waals surface area (Å²) in [7, 11) is 0. The van der Waals surface area contributed by atoms with Crippen molar-refractivity contribution in [2.24, 2.45) is 5.92 Å². The number of hydrogen-bond acceptors (Lipinski definition) is 4. The number of nitrogens with zero attached hydrogens (tertiary/aromatic N) is 3. The van der Waals surface area contributed by atoms with Gasteiger partial charge >= 0.3 is 0 Å².